The van der Waals surface area contributed by atoms with Crippen molar-refractivity contribution in [2.45, 2.75) is 13.5 Å². The highest BCUT2D eigenvalue weighted by atomic mass is 16.6. The Hall–Kier alpha value is -5.25. The predicted molar refractivity (Wildman–Crippen MR) is 137 cm³/mol. The quantitative estimate of drug-likeness (QED) is 0.180. The van der Waals surface area contributed by atoms with E-state index in [0.29, 0.717) is 16.9 Å². The first kappa shape index (κ1) is 23.5. The molecule has 0 saturated carbocycles. The molecule has 0 spiro atoms. The van der Waals surface area contributed by atoms with Crippen molar-refractivity contribution in [2.75, 3.05) is 0 Å². The van der Waals surface area contributed by atoms with E-state index in [4.69, 9.17) is 0 Å². The number of aryl methyl sites for hydroxylation is 1. The number of imide groups is 1. The number of urea groups is 1. The highest BCUT2D eigenvalue weighted by Gasteiger charge is 2.34. The molecule has 5 rings (SSSR count). The van der Waals surface area contributed by atoms with Crippen LogP contribution >= 0.6 is 0 Å². The van der Waals surface area contributed by atoms with Gasteiger partial charge in [-0.3, -0.25) is 29.7 Å². The minimum atomic E-state index is -0.577. The molecule has 0 unspecified atom stereocenters. The van der Waals surface area contributed by atoms with E-state index in [0.717, 1.165) is 16.0 Å². The zero-order chi connectivity index (χ0) is 26.1. The highest BCUT2D eigenvalue weighted by molar-refractivity contribution is 6.14. The summed E-state index contributed by atoms with van der Waals surface area (Å²) >= 11 is 0. The number of amides is 3. The molecule has 4 aromatic rings. The molecule has 1 aliphatic rings. The predicted octanol–water partition coefficient (Wildman–Crippen LogP) is 4.14. The normalized spacial score (nSPS) is 14.3. The molecule has 1 aromatic heterocycles. The van der Waals surface area contributed by atoms with E-state index in [9.17, 15) is 24.5 Å². The largest absolute Gasteiger partial charge is 0.329 e. The minimum Gasteiger partial charge on any atom is -0.303 e. The smallest absolute Gasteiger partial charge is 0.303 e. The molecular weight excluding hydrogens is 474 g/mol. The van der Waals surface area contributed by atoms with Crippen molar-refractivity contribution in [3.05, 3.63) is 122 Å². The lowest BCUT2D eigenvalue weighted by molar-refractivity contribution is -0.384. The summed E-state index contributed by atoms with van der Waals surface area (Å²) in [6.07, 6.45) is 1.36. The Kier molecular flexibility index (Phi) is 5.98. The lowest BCUT2D eigenvalue weighted by Crippen LogP contribution is -2.30. The highest BCUT2D eigenvalue weighted by Crippen LogP contribution is 2.25. The minimum absolute atomic E-state index is 0.0253. The Labute approximate surface area is 210 Å². The van der Waals surface area contributed by atoms with E-state index in [1.165, 1.54) is 35.0 Å². The number of carbonyl (C=O) groups excluding carboxylic acids is 2. The first-order valence-corrected chi connectivity index (χ1v) is 11.4. The van der Waals surface area contributed by atoms with E-state index in [1.807, 2.05) is 37.3 Å². The Morgan fingerprint density at radius 3 is 2.27 bits per heavy atom. The lowest BCUT2D eigenvalue weighted by Gasteiger charge is -2.13. The molecule has 2 heterocycles. The SMILES string of the molecule is Cc1ccccc1CN1C(=O)N/C(=C\c2c(-c3ccccc3)[nH]n(-c3ccc([N+](=O)[O-])cc3)c2=O)C1=O. The van der Waals surface area contributed by atoms with Crippen LogP contribution in [-0.2, 0) is 11.3 Å². The van der Waals surface area contributed by atoms with Crippen molar-refractivity contribution >= 4 is 23.7 Å². The van der Waals surface area contributed by atoms with Crippen LogP contribution in [0.5, 0.6) is 0 Å². The van der Waals surface area contributed by atoms with Crippen molar-refractivity contribution in [3.8, 4) is 16.9 Å². The molecule has 1 fully saturated rings. The molecule has 1 saturated heterocycles. The van der Waals surface area contributed by atoms with Crippen LogP contribution in [0, 0.1) is 17.0 Å². The fraction of sp³-hybridized carbons (Fsp3) is 0.0741. The molecule has 0 aliphatic carbocycles. The van der Waals surface area contributed by atoms with Gasteiger partial charge in [0, 0.05) is 17.7 Å². The molecule has 184 valence electrons. The van der Waals surface area contributed by atoms with Crippen LogP contribution in [-0.4, -0.2) is 31.5 Å². The molecule has 0 bridgehead atoms. The number of aromatic nitrogens is 2. The maximum atomic E-state index is 13.5. The molecule has 2 N–H and O–H groups in total. The van der Waals surface area contributed by atoms with Gasteiger partial charge < -0.3 is 5.32 Å². The maximum absolute atomic E-state index is 13.5. The van der Waals surface area contributed by atoms with Gasteiger partial charge in [0.1, 0.15) is 5.70 Å². The Morgan fingerprint density at radius 2 is 1.59 bits per heavy atom. The second-order valence-corrected chi connectivity index (χ2v) is 8.49. The van der Waals surface area contributed by atoms with E-state index in [1.54, 1.807) is 24.3 Å². The van der Waals surface area contributed by atoms with Gasteiger partial charge in [-0.15, -0.1) is 0 Å². The topological polar surface area (TPSA) is 130 Å². The number of aromatic amines is 1. The number of benzene rings is 3. The van der Waals surface area contributed by atoms with Gasteiger partial charge in [0.2, 0.25) is 0 Å². The van der Waals surface area contributed by atoms with E-state index in [2.05, 4.69) is 10.4 Å². The van der Waals surface area contributed by atoms with Gasteiger partial charge in [-0.2, -0.15) is 0 Å². The van der Waals surface area contributed by atoms with Crippen molar-refractivity contribution in [2.24, 2.45) is 0 Å². The Morgan fingerprint density at radius 1 is 0.919 bits per heavy atom. The summed E-state index contributed by atoms with van der Waals surface area (Å²) in [5.74, 6) is -0.547. The second-order valence-electron chi connectivity index (χ2n) is 8.49. The monoisotopic (exact) mass is 495 g/mol. The number of nitrogens with one attached hydrogen (secondary N) is 2. The van der Waals surface area contributed by atoms with Gasteiger partial charge >= 0.3 is 6.03 Å². The van der Waals surface area contributed by atoms with E-state index < -0.39 is 22.4 Å². The third-order valence-electron chi connectivity index (χ3n) is 6.15. The van der Waals surface area contributed by atoms with Crippen molar-refractivity contribution in [3.63, 3.8) is 0 Å². The van der Waals surface area contributed by atoms with E-state index in [-0.39, 0.29) is 23.5 Å². The van der Waals surface area contributed by atoms with Gasteiger partial charge in [-0.05, 0) is 36.3 Å². The molecule has 3 amide bonds. The molecule has 37 heavy (non-hydrogen) atoms. The van der Waals surface area contributed by atoms with Crippen molar-refractivity contribution in [1.82, 2.24) is 20.0 Å². The average Bonchev–Trinajstić information content (AvgIpc) is 3.36. The first-order valence-electron chi connectivity index (χ1n) is 11.4. The molecule has 10 heteroatoms. The summed E-state index contributed by atoms with van der Waals surface area (Å²) in [4.78, 5) is 50.9. The van der Waals surface area contributed by atoms with Gasteiger partial charge in [0.05, 0.1) is 28.4 Å². The molecule has 0 radical (unpaired) electrons. The van der Waals surface area contributed by atoms with Gasteiger partial charge in [-0.1, -0.05) is 54.6 Å². The molecule has 3 aromatic carbocycles. The second kappa shape index (κ2) is 9.42. The molecular formula is C27H21N5O5. The number of H-pyrrole nitrogens is 1. The van der Waals surface area contributed by atoms with Crippen molar-refractivity contribution < 1.29 is 14.5 Å². The number of rotatable bonds is 6. The number of carbonyl (C=O) groups is 2. The van der Waals surface area contributed by atoms with Gasteiger partial charge in [-0.25, -0.2) is 9.48 Å². The van der Waals surface area contributed by atoms with Gasteiger partial charge in [0.15, 0.2) is 0 Å². The standard InChI is InChI=1S/C27H21N5O5/c1-17-7-5-6-10-19(17)16-30-26(34)23(28-27(30)35)15-22-24(18-8-3-2-4-9-18)29-31(25(22)33)20-11-13-21(14-12-20)32(36)37/h2-15,29H,16H2,1H3,(H,28,35)/b23-15-. The zero-order valence-electron chi connectivity index (χ0n) is 19.7. The van der Waals surface area contributed by atoms with E-state index >= 15 is 0 Å². The van der Waals surface area contributed by atoms with Crippen LogP contribution in [0.2, 0.25) is 0 Å². The number of non-ortho nitro benzene ring substituents is 1. The number of hydrogen-bond acceptors (Lipinski definition) is 5. The fourth-order valence-electron chi connectivity index (χ4n) is 4.13. The number of nitro benzene ring substituents is 1. The molecule has 0 atom stereocenters. The number of nitro groups is 1. The number of nitrogens with zero attached hydrogens (tertiary/aromatic N) is 3. The third kappa shape index (κ3) is 4.43. The summed E-state index contributed by atoms with van der Waals surface area (Å²) in [7, 11) is 0. The Balaban J connectivity index is 1.57. The molecule has 1 aliphatic heterocycles. The summed E-state index contributed by atoms with van der Waals surface area (Å²) in [5.41, 5.74) is 2.80. The summed E-state index contributed by atoms with van der Waals surface area (Å²) < 4.78 is 1.24. The maximum Gasteiger partial charge on any atom is 0.329 e. The average molecular weight is 495 g/mol. The van der Waals surface area contributed by atoms with Crippen LogP contribution in [0.1, 0.15) is 16.7 Å². The van der Waals surface area contributed by atoms with Crippen LogP contribution < -0.4 is 10.9 Å². The molecule has 10 nitrogen and oxygen atoms in total. The fourth-order valence-corrected chi connectivity index (χ4v) is 4.13. The summed E-state index contributed by atoms with van der Waals surface area (Å²) in [6.45, 7) is 2.00. The zero-order valence-corrected chi connectivity index (χ0v) is 19.7. The van der Waals surface area contributed by atoms with Crippen molar-refractivity contribution in [1.29, 1.82) is 0 Å². The van der Waals surface area contributed by atoms with Crippen LogP contribution in [0.25, 0.3) is 23.0 Å². The van der Waals surface area contributed by atoms with Gasteiger partial charge in [0.25, 0.3) is 17.2 Å². The van der Waals surface area contributed by atoms with Crippen LogP contribution in [0.4, 0.5) is 10.5 Å². The van der Waals surface area contributed by atoms with Crippen LogP contribution in [0.15, 0.2) is 89.4 Å². The first-order chi connectivity index (χ1) is 17.8. The third-order valence-corrected chi connectivity index (χ3v) is 6.15. The van der Waals surface area contributed by atoms with Crippen LogP contribution in [0.3, 0.4) is 0 Å². The summed E-state index contributed by atoms with van der Waals surface area (Å²) in [5, 5.41) is 16.6. The number of hydrogen-bond donors (Lipinski definition) is 2. The Bertz CT molecular complexity index is 1620. The lowest BCUT2D eigenvalue weighted by atomic mass is 10.1. The summed E-state index contributed by atoms with van der Waals surface area (Å²) in [6, 6.07) is 21.4.